The largest absolute Gasteiger partial charge is 0.496 e. The van der Waals surface area contributed by atoms with E-state index in [0.717, 1.165) is 52.2 Å². The van der Waals surface area contributed by atoms with Gasteiger partial charge in [0.1, 0.15) is 18.3 Å². The van der Waals surface area contributed by atoms with Gasteiger partial charge in [0.25, 0.3) is 10.0 Å². The number of ether oxygens (including phenoxy) is 1. The van der Waals surface area contributed by atoms with Gasteiger partial charge in [-0.25, -0.2) is 8.42 Å². The summed E-state index contributed by atoms with van der Waals surface area (Å²) in [5.74, 6) is -0.250. The van der Waals surface area contributed by atoms with Crippen LogP contribution < -0.4 is 14.4 Å². The summed E-state index contributed by atoms with van der Waals surface area (Å²) in [5.41, 5.74) is 4.05. The lowest BCUT2D eigenvalue weighted by atomic mass is 10.0. The van der Waals surface area contributed by atoms with Crippen LogP contribution in [0, 0.1) is 13.8 Å². The molecule has 1 aliphatic carbocycles. The molecule has 1 N–H and O–H groups in total. The van der Waals surface area contributed by atoms with E-state index in [1.165, 1.54) is 19.2 Å². The van der Waals surface area contributed by atoms with Crippen molar-refractivity contribution in [3.05, 3.63) is 124 Å². The second-order valence-electron chi connectivity index (χ2n) is 12.3. The highest BCUT2D eigenvalue weighted by Crippen LogP contribution is 2.31. The minimum absolute atomic E-state index is 0.00593. The van der Waals surface area contributed by atoms with Crippen LogP contribution in [0.4, 0.5) is 5.69 Å². The van der Waals surface area contributed by atoms with Crippen LogP contribution in [0.25, 0.3) is 0 Å². The molecule has 1 unspecified atom stereocenters. The third kappa shape index (κ3) is 8.65. The standard InChI is InChI=1S/C38H42BrN3O5S/c1-27-16-18-32(19-17-27)42(48(45,46)33-20-21-36(47-3)34(39)24-33)26-37(43)41(25-30-13-9-10-28(2)22-30)35(23-29-11-5-4-6-12-29)38(44)40-31-14-7-8-15-31/h4-6,9-13,16-22,24,31,35H,7-8,14-15,23,25-26H2,1-3H3,(H,40,44). The summed E-state index contributed by atoms with van der Waals surface area (Å²) in [5, 5.41) is 3.21. The van der Waals surface area contributed by atoms with E-state index in [-0.39, 0.29) is 29.8 Å². The number of amides is 2. The molecule has 1 aliphatic rings. The zero-order valence-corrected chi connectivity index (χ0v) is 30.0. The van der Waals surface area contributed by atoms with E-state index < -0.39 is 28.5 Å². The topological polar surface area (TPSA) is 96.0 Å². The normalized spacial score (nSPS) is 13.9. The average Bonchev–Trinajstić information content (AvgIpc) is 3.59. The van der Waals surface area contributed by atoms with Crippen LogP contribution in [-0.4, -0.2) is 50.9 Å². The van der Waals surface area contributed by atoms with Gasteiger partial charge in [0.15, 0.2) is 0 Å². The molecule has 1 fully saturated rings. The molecular formula is C38H42BrN3O5S. The Balaban J connectivity index is 1.57. The number of nitrogens with zero attached hydrogens (tertiary/aromatic N) is 2. The van der Waals surface area contributed by atoms with Crippen molar-refractivity contribution >= 4 is 43.5 Å². The van der Waals surface area contributed by atoms with Crippen molar-refractivity contribution in [3.8, 4) is 5.75 Å². The number of methoxy groups -OCH3 is 1. The van der Waals surface area contributed by atoms with E-state index in [1.807, 2.05) is 80.6 Å². The summed E-state index contributed by atoms with van der Waals surface area (Å²) in [6.07, 6.45) is 4.16. The molecule has 252 valence electrons. The van der Waals surface area contributed by atoms with E-state index in [4.69, 9.17) is 4.74 Å². The molecular weight excluding hydrogens is 690 g/mol. The second-order valence-corrected chi connectivity index (χ2v) is 15.1. The van der Waals surface area contributed by atoms with Gasteiger partial charge in [0.05, 0.1) is 22.2 Å². The first kappa shape index (κ1) is 35.2. The first-order chi connectivity index (χ1) is 23.0. The summed E-state index contributed by atoms with van der Waals surface area (Å²) >= 11 is 3.41. The first-order valence-electron chi connectivity index (χ1n) is 16.2. The number of halogens is 1. The maximum atomic E-state index is 14.7. The molecule has 0 heterocycles. The van der Waals surface area contributed by atoms with Crippen LogP contribution >= 0.6 is 15.9 Å². The first-order valence-corrected chi connectivity index (χ1v) is 18.4. The van der Waals surface area contributed by atoms with Crippen LogP contribution in [0.15, 0.2) is 106 Å². The minimum atomic E-state index is -4.25. The van der Waals surface area contributed by atoms with Crippen LogP contribution in [0.1, 0.15) is 47.9 Å². The van der Waals surface area contributed by atoms with E-state index in [9.17, 15) is 18.0 Å². The number of rotatable bonds is 13. The fraction of sp³-hybridized carbons (Fsp3) is 0.316. The number of anilines is 1. The lowest BCUT2D eigenvalue weighted by Crippen LogP contribution is -2.54. The van der Waals surface area contributed by atoms with Crippen LogP contribution in [-0.2, 0) is 32.6 Å². The number of carbonyl (C=O) groups excluding carboxylic acids is 2. The average molecular weight is 733 g/mol. The highest BCUT2D eigenvalue weighted by Gasteiger charge is 2.35. The predicted octanol–water partition coefficient (Wildman–Crippen LogP) is 6.97. The quantitative estimate of drug-likeness (QED) is 0.160. The molecule has 1 atom stereocenters. The Morgan fingerprint density at radius 2 is 1.56 bits per heavy atom. The molecule has 0 bridgehead atoms. The molecule has 4 aromatic rings. The highest BCUT2D eigenvalue weighted by atomic mass is 79.9. The Bertz CT molecular complexity index is 1830. The molecule has 2 amide bonds. The van der Waals surface area contributed by atoms with E-state index in [2.05, 4.69) is 21.2 Å². The number of hydrogen-bond acceptors (Lipinski definition) is 5. The van der Waals surface area contributed by atoms with E-state index >= 15 is 0 Å². The maximum absolute atomic E-state index is 14.7. The maximum Gasteiger partial charge on any atom is 0.264 e. The lowest BCUT2D eigenvalue weighted by molar-refractivity contribution is -0.140. The molecule has 1 saturated carbocycles. The molecule has 5 rings (SSSR count). The molecule has 4 aromatic carbocycles. The van der Waals surface area contributed by atoms with Crippen molar-refractivity contribution in [3.63, 3.8) is 0 Å². The number of nitrogens with one attached hydrogen (secondary N) is 1. The Hall–Kier alpha value is -4.15. The van der Waals surface area contributed by atoms with Gasteiger partial charge in [-0.3, -0.25) is 13.9 Å². The van der Waals surface area contributed by atoms with Crippen LogP contribution in [0.2, 0.25) is 0 Å². The predicted molar refractivity (Wildman–Crippen MR) is 192 cm³/mol. The van der Waals surface area contributed by atoms with Gasteiger partial charge < -0.3 is 15.0 Å². The number of sulfonamides is 1. The summed E-state index contributed by atoms with van der Waals surface area (Å²) in [4.78, 5) is 30.4. The second kappa shape index (κ2) is 15.8. The summed E-state index contributed by atoms with van der Waals surface area (Å²) in [6, 6.07) is 28.1. The number of benzene rings is 4. The Morgan fingerprint density at radius 3 is 2.21 bits per heavy atom. The van der Waals surface area contributed by atoms with E-state index in [1.54, 1.807) is 23.1 Å². The van der Waals surface area contributed by atoms with Gasteiger partial charge in [0.2, 0.25) is 11.8 Å². The molecule has 0 saturated heterocycles. The monoisotopic (exact) mass is 731 g/mol. The van der Waals surface area contributed by atoms with Crippen LogP contribution in [0.3, 0.4) is 0 Å². The number of aryl methyl sites for hydroxylation is 2. The Labute approximate surface area is 292 Å². The van der Waals surface area contributed by atoms with Gasteiger partial charge in [-0.2, -0.15) is 0 Å². The van der Waals surface area contributed by atoms with Gasteiger partial charge in [-0.1, -0.05) is 90.7 Å². The third-order valence-corrected chi connectivity index (χ3v) is 11.1. The Kier molecular flexibility index (Phi) is 11.6. The summed E-state index contributed by atoms with van der Waals surface area (Å²) < 4.78 is 35.7. The lowest BCUT2D eigenvalue weighted by Gasteiger charge is -2.34. The molecule has 0 spiro atoms. The number of hydrogen-bond donors (Lipinski definition) is 1. The van der Waals surface area contributed by atoms with Crippen molar-refractivity contribution < 1.29 is 22.7 Å². The fourth-order valence-corrected chi connectivity index (χ4v) is 8.24. The molecule has 0 aromatic heterocycles. The minimum Gasteiger partial charge on any atom is -0.496 e. The molecule has 0 aliphatic heterocycles. The molecule has 48 heavy (non-hydrogen) atoms. The molecule has 10 heteroatoms. The Morgan fingerprint density at radius 1 is 0.875 bits per heavy atom. The summed E-state index contributed by atoms with van der Waals surface area (Å²) in [7, 11) is -2.74. The van der Waals surface area contributed by atoms with Crippen molar-refractivity contribution in [2.45, 2.75) is 69.5 Å². The highest BCUT2D eigenvalue weighted by molar-refractivity contribution is 9.10. The van der Waals surface area contributed by atoms with Crippen molar-refractivity contribution in [2.24, 2.45) is 0 Å². The van der Waals surface area contributed by atoms with Crippen molar-refractivity contribution in [1.29, 1.82) is 0 Å². The van der Waals surface area contributed by atoms with Crippen LogP contribution in [0.5, 0.6) is 5.75 Å². The van der Waals surface area contributed by atoms with Crippen molar-refractivity contribution in [1.82, 2.24) is 10.2 Å². The fourth-order valence-electron chi connectivity index (χ4n) is 6.10. The molecule has 0 radical (unpaired) electrons. The SMILES string of the molecule is COc1ccc(S(=O)(=O)N(CC(=O)N(Cc2cccc(C)c2)C(Cc2ccccc2)C(=O)NC2CCCC2)c2ccc(C)cc2)cc1Br. The zero-order chi connectivity index (χ0) is 34.3. The van der Waals surface area contributed by atoms with Gasteiger partial charge in [-0.15, -0.1) is 0 Å². The van der Waals surface area contributed by atoms with Gasteiger partial charge in [0, 0.05) is 19.0 Å². The smallest absolute Gasteiger partial charge is 0.264 e. The zero-order valence-electron chi connectivity index (χ0n) is 27.6. The van der Waals surface area contributed by atoms with E-state index in [0.29, 0.717) is 15.9 Å². The number of carbonyl (C=O) groups is 2. The summed E-state index contributed by atoms with van der Waals surface area (Å²) in [6.45, 7) is 3.51. The van der Waals surface area contributed by atoms with Gasteiger partial charge >= 0.3 is 0 Å². The van der Waals surface area contributed by atoms with Crippen molar-refractivity contribution in [2.75, 3.05) is 18.0 Å². The van der Waals surface area contributed by atoms with Gasteiger partial charge in [-0.05, 0) is 84.1 Å². The third-order valence-electron chi connectivity index (χ3n) is 8.72. The molecule has 8 nitrogen and oxygen atoms in total.